The molecule has 0 spiro atoms. The summed E-state index contributed by atoms with van der Waals surface area (Å²) in [5.41, 5.74) is 2.72. The van der Waals surface area contributed by atoms with Gasteiger partial charge in [-0.25, -0.2) is 0 Å². The average molecular weight is 235 g/mol. The molecular formula is C15H25NO. The summed E-state index contributed by atoms with van der Waals surface area (Å²) in [6.45, 7) is 5.25. The molecule has 17 heavy (non-hydrogen) atoms. The van der Waals surface area contributed by atoms with Gasteiger partial charge in [0, 0.05) is 19.8 Å². The molecule has 1 N–H and O–H groups in total. The number of likely N-dealkylation sites (N-methyl/N-ethyl adjacent to an activating group) is 1. The van der Waals surface area contributed by atoms with Gasteiger partial charge in [-0.1, -0.05) is 36.8 Å². The summed E-state index contributed by atoms with van der Waals surface area (Å²) in [7, 11) is 3.81. The van der Waals surface area contributed by atoms with Gasteiger partial charge in [0.05, 0.1) is 0 Å². The molecule has 0 saturated heterocycles. The molecule has 1 aromatic rings. The molecule has 1 aromatic carbocycles. The molecule has 0 aliphatic carbocycles. The van der Waals surface area contributed by atoms with E-state index in [1.165, 1.54) is 11.1 Å². The van der Waals surface area contributed by atoms with Crippen LogP contribution in [0.25, 0.3) is 0 Å². The molecule has 0 amide bonds. The number of rotatable bonds is 7. The lowest BCUT2D eigenvalue weighted by Gasteiger charge is -2.23. The van der Waals surface area contributed by atoms with E-state index >= 15 is 0 Å². The fraction of sp³-hybridized carbons (Fsp3) is 0.600. The zero-order valence-electron chi connectivity index (χ0n) is 11.5. The van der Waals surface area contributed by atoms with Gasteiger partial charge in [0.15, 0.2) is 0 Å². The zero-order valence-corrected chi connectivity index (χ0v) is 11.5. The fourth-order valence-corrected chi connectivity index (χ4v) is 2.07. The highest BCUT2D eigenvalue weighted by Crippen LogP contribution is 2.14. The lowest BCUT2D eigenvalue weighted by atomic mass is 9.92. The molecule has 0 radical (unpaired) electrons. The van der Waals surface area contributed by atoms with Gasteiger partial charge < -0.3 is 10.1 Å². The van der Waals surface area contributed by atoms with Gasteiger partial charge in [0.2, 0.25) is 0 Å². The normalized spacial score (nSPS) is 14.6. The van der Waals surface area contributed by atoms with Gasteiger partial charge in [0.25, 0.3) is 0 Å². The Bertz CT molecular complexity index is 307. The van der Waals surface area contributed by atoms with Gasteiger partial charge in [-0.15, -0.1) is 0 Å². The third kappa shape index (κ3) is 4.88. The van der Waals surface area contributed by atoms with Crippen molar-refractivity contribution < 1.29 is 4.74 Å². The van der Waals surface area contributed by atoms with Crippen LogP contribution in [0.2, 0.25) is 0 Å². The van der Waals surface area contributed by atoms with Crippen molar-refractivity contribution in [3.05, 3.63) is 35.4 Å². The fourth-order valence-electron chi connectivity index (χ4n) is 2.07. The maximum absolute atomic E-state index is 5.15. The molecule has 0 bridgehead atoms. The van der Waals surface area contributed by atoms with Crippen molar-refractivity contribution in [1.82, 2.24) is 5.32 Å². The van der Waals surface area contributed by atoms with E-state index in [0.717, 1.165) is 19.4 Å². The molecule has 0 aliphatic heterocycles. The lowest BCUT2D eigenvalue weighted by molar-refractivity contribution is 0.171. The Kier molecular flexibility index (Phi) is 6.23. The highest BCUT2D eigenvalue weighted by molar-refractivity contribution is 5.22. The van der Waals surface area contributed by atoms with E-state index in [-0.39, 0.29) is 0 Å². The molecule has 1 rings (SSSR count). The van der Waals surface area contributed by atoms with Crippen molar-refractivity contribution in [2.24, 2.45) is 5.92 Å². The van der Waals surface area contributed by atoms with Gasteiger partial charge >= 0.3 is 0 Å². The quantitative estimate of drug-likeness (QED) is 0.784. The number of hydrogen-bond acceptors (Lipinski definition) is 2. The van der Waals surface area contributed by atoms with Crippen LogP contribution in [0, 0.1) is 12.8 Å². The highest BCUT2D eigenvalue weighted by Gasteiger charge is 2.15. The maximum atomic E-state index is 5.15. The monoisotopic (exact) mass is 235 g/mol. The summed E-state index contributed by atoms with van der Waals surface area (Å²) in [6, 6.07) is 9.34. The molecule has 0 fully saturated rings. The first kappa shape index (κ1) is 14.2. The number of aryl methyl sites for hydroxylation is 1. The summed E-state index contributed by atoms with van der Waals surface area (Å²) in [6.07, 6.45) is 2.19. The maximum Gasteiger partial charge on any atom is 0.0465 e. The molecule has 2 unspecified atom stereocenters. The van der Waals surface area contributed by atoms with Crippen LogP contribution in [0.15, 0.2) is 24.3 Å². The topological polar surface area (TPSA) is 21.3 Å². The van der Waals surface area contributed by atoms with Crippen LogP contribution >= 0.6 is 0 Å². The summed E-state index contributed by atoms with van der Waals surface area (Å²) < 4.78 is 5.15. The molecule has 2 heteroatoms. The first-order chi connectivity index (χ1) is 8.17. The largest absolute Gasteiger partial charge is 0.385 e. The summed E-state index contributed by atoms with van der Waals surface area (Å²) in [5, 5.41) is 3.42. The second kappa shape index (κ2) is 7.46. The summed E-state index contributed by atoms with van der Waals surface area (Å²) >= 11 is 0. The van der Waals surface area contributed by atoms with Crippen molar-refractivity contribution in [3.8, 4) is 0 Å². The minimum atomic E-state index is 0.521. The Labute approximate surface area is 105 Å². The van der Waals surface area contributed by atoms with Gasteiger partial charge in [0.1, 0.15) is 0 Å². The Hall–Kier alpha value is -0.860. The highest BCUT2D eigenvalue weighted by atomic mass is 16.5. The zero-order chi connectivity index (χ0) is 12.7. The van der Waals surface area contributed by atoms with E-state index in [2.05, 4.69) is 43.4 Å². The van der Waals surface area contributed by atoms with Gasteiger partial charge in [-0.05, 0) is 38.3 Å². The Morgan fingerprint density at radius 3 is 2.41 bits per heavy atom. The van der Waals surface area contributed by atoms with Crippen LogP contribution in [-0.2, 0) is 11.2 Å². The van der Waals surface area contributed by atoms with E-state index in [4.69, 9.17) is 4.74 Å². The molecule has 2 atom stereocenters. The van der Waals surface area contributed by atoms with Gasteiger partial charge in [-0.3, -0.25) is 0 Å². The predicted octanol–water partition coefficient (Wildman–Crippen LogP) is 2.80. The summed E-state index contributed by atoms with van der Waals surface area (Å²) in [5.74, 6) is 0.626. The second-order valence-electron chi connectivity index (χ2n) is 4.84. The molecule has 96 valence electrons. The van der Waals surface area contributed by atoms with E-state index < -0.39 is 0 Å². The molecular weight excluding hydrogens is 210 g/mol. The van der Waals surface area contributed by atoms with Crippen LogP contribution in [0.5, 0.6) is 0 Å². The molecule has 2 nitrogen and oxygen atoms in total. The smallest absolute Gasteiger partial charge is 0.0465 e. The number of hydrogen-bond donors (Lipinski definition) is 1. The minimum Gasteiger partial charge on any atom is -0.385 e. The van der Waals surface area contributed by atoms with Crippen molar-refractivity contribution in [1.29, 1.82) is 0 Å². The third-order valence-electron chi connectivity index (χ3n) is 3.41. The van der Waals surface area contributed by atoms with Crippen LogP contribution in [-0.4, -0.2) is 26.8 Å². The number of nitrogens with one attached hydrogen (secondary N) is 1. The Morgan fingerprint density at radius 2 is 1.88 bits per heavy atom. The van der Waals surface area contributed by atoms with Crippen LogP contribution in [0.1, 0.15) is 24.5 Å². The van der Waals surface area contributed by atoms with Gasteiger partial charge in [-0.2, -0.15) is 0 Å². The average Bonchev–Trinajstić information content (AvgIpc) is 2.35. The SMILES string of the molecule is CNC(Cc1ccc(C)cc1)C(C)CCOC. The first-order valence-electron chi connectivity index (χ1n) is 6.39. The van der Waals surface area contributed by atoms with Crippen molar-refractivity contribution in [3.63, 3.8) is 0 Å². The number of methoxy groups -OCH3 is 1. The van der Waals surface area contributed by atoms with Crippen molar-refractivity contribution in [2.45, 2.75) is 32.7 Å². The van der Waals surface area contributed by atoms with E-state index in [0.29, 0.717) is 12.0 Å². The minimum absolute atomic E-state index is 0.521. The number of ether oxygens (including phenoxy) is 1. The van der Waals surface area contributed by atoms with Crippen molar-refractivity contribution >= 4 is 0 Å². The molecule has 0 aromatic heterocycles. The van der Waals surface area contributed by atoms with Crippen LogP contribution in [0.3, 0.4) is 0 Å². The molecule has 0 aliphatic rings. The predicted molar refractivity (Wildman–Crippen MR) is 73.4 cm³/mol. The summed E-state index contributed by atoms with van der Waals surface area (Å²) in [4.78, 5) is 0. The van der Waals surface area contributed by atoms with E-state index in [1.807, 2.05) is 7.05 Å². The van der Waals surface area contributed by atoms with E-state index in [1.54, 1.807) is 7.11 Å². The molecule has 0 saturated carbocycles. The Morgan fingerprint density at radius 1 is 1.24 bits per heavy atom. The Balaban J connectivity index is 2.53. The van der Waals surface area contributed by atoms with E-state index in [9.17, 15) is 0 Å². The third-order valence-corrected chi connectivity index (χ3v) is 3.41. The van der Waals surface area contributed by atoms with Crippen LogP contribution < -0.4 is 5.32 Å². The van der Waals surface area contributed by atoms with Crippen molar-refractivity contribution in [2.75, 3.05) is 20.8 Å². The van der Waals surface area contributed by atoms with Crippen LogP contribution in [0.4, 0.5) is 0 Å². The second-order valence-corrected chi connectivity index (χ2v) is 4.84. The standard InChI is InChI=1S/C15H25NO/c1-12-5-7-14(8-6-12)11-15(16-3)13(2)9-10-17-4/h5-8,13,15-16H,9-11H2,1-4H3. The lowest BCUT2D eigenvalue weighted by Crippen LogP contribution is -2.34. The molecule has 0 heterocycles. The first-order valence-corrected chi connectivity index (χ1v) is 6.39. The number of benzene rings is 1.